The Morgan fingerprint density at radius 3 is 2.81 bits per heavy atom. The number of para-hydroxylation sites is 1. The lowest BCUT2D eigenvalue weighted by Crippen LogP contribution is -2.28. The van der Waals surface area contributed by atoms with E-state index >= 15 is 0 Å². The number of ether oxygens (including phenoxy) is 1. The molecule has 0 bridgehead atoms. The van der Waals surface area contributed by atoms with Gasteiger partial charge >= 0.3 is 0 Å². The summed E-state index contributed by atoms with van der Waals surface area (Å²) in [4.78, 5) is 0. The molecule has 110 valence electrons. The van der Waals surface area contributed by atoms with Crippen molar-refractivity contribution in [3.63, 3.8) is 0 Å². The van der Waals surface area contributed by atoms with Crippen LogP contribution in [0.2, 0.25) is 5.02 Å². The van der Waals surface area contributed by atoms with Crippen LogP contribution in [0.5, 0.6) is 5.75 Å². The van der Waals surface area contributed by atoms with Crippen LogP contribution in [-0.4, -0.2) is 13.2 Å². The molecule has 1 heterocycles. The summed E-state index contributed by atoms with van der Waals surface area (Å²) in [6.07, 6.45) is 1.05. The largest absolute Gasteiger partial charge is 0.493 e. The molecule has 0 aromatic heterocycles. The Morgan fingerprint density at radius 2 is 1.95 bits per heavy atom. The van der Waals surface area contributed by atoms with Gasteiger partial charge in [-0.25, -0.2) is 0 Å². The van der Waals surface area contributed by atoms with Gasteiger partial charge in [-0.15, -0.1) is 0 Å². The van der Waals surface area contributed by atoms with Crippen LogP contribution in [0.3, 0.4) is 0 Å². The molecular weight excluding hydrogens is 282 g/mol. The van der Waals surface area contributed by atoms with E-state index in [0.29, 0.717) is 5.92 Å². The fourth-order valence-electron chi connectivity index (χ4n) is 2.88. The topological polar surface area (TPSA) is 21.3 Å². The highest BCUT2D eigenvalue weighted by Gasteiger charge is 2.21. The van der Waals surface area contributed by atoms with Crippen LogP contribution >= 0.6 is 11.6 Å². The minimum absolute atomic E-state index is 0.244. The molecule has 0 aliphatic carbocycles. The van der Waals surface area contributed by atoms with Gasteiger partial charge in [0.2, 0.25) is 0 Å². The third-order valence-corrected chi connectivity index (χ3v) is 4.47. The van der Waals surface area contributed by atoms with Crippen LogP contribution in [-0.2, 0) is 0 Å². The van der Waals surface area contributed by atoms with Crippen molar-refractivity contribution >= 4 is 11.6 Å². The molecule has 1 unspecified atom stereocenters. The molecule has 2 aromatic carbocycles. The Hall–Kier alpha value is -1.51. The first kappa shape index (κ1) is 14.4. The molecule has 2 nitrogen and oxygen atoms in total. The summed E-state index contributed by atoms with van der Waals surface area (Å²) in [6, 6.07) is 16.6. The number of fused-ring (bicyclic) bond motifs is 1. The van der Waals surface area contributed by atoms with Crippen LogP contribution in [0.4, 0.5) is 0 Å². The van der Waals surface area contributed by atoms with Crippen LogP contribution in [0.25, 0.3) is 0 Å². The van der Waals surface area contributed by atoms with Crippen molar-refractivity contribution in [1.82, 2.24) is 5.32 Å². The van der Waals surface area contributed by atoms with Crippen LogP contribution in [0, 0.1) is 0 Å². The quantitative estimate of drug-likeness (QED) is 0.894. The number of benzene rings is 2. The molecule has 2 atom stereocenters. The Morgan fingerprint density at radius 1 is 1.19 bits per heavy atom. The van der Waals surface area contributed by atoms with Crippen molar-refractivity contribution < 1.29 is 4.74 Å². The van der Waals surface area contributed by atoms with E-state index in [2.05, 4.69) is 36.5 Å². The summed E-state index contributed by atoms with van der Waals surface area (Å²) in [7, 11) is 0. The van der Waals surface area contributed by atoms with Gasteiger partial charge in [0, 0.05) is 23.5 Å². The lowest BCUT2D eigenvalue weighted by Gasteiger charge is -2.27. The molecule has 1 aliphatic rings. The molecule has 0 amide bonds. The second-order valence-corrected chi connectivity index (χ2v) is 5.93. The predicted molar refractivity (Wildman–Crippen MR) is 87.2 cm³/mol. The smallest absolute Gasteiger partial charge is 0.122 e. The van der Waals surface area contributed by atoms with E-state index in [1.54, 1.807) is 0 Å². The van der Waals surface area contributed by atoms with Gasteiger partial charge in [0.25, 0.3) is 0 Å². The summed E-state index contributed by atoms with van der Waals surface area (Å²) in [6.45, 7) is 3.89. The summed E-state index contributed by atoms with van der Waals surface area (Å²) < 4.78 is 5.72. The van der Waals surface area contributed by atoms with Crippen molar-refractivity contribution in [2.24, 2.45) is 0 Å². The average molecular weight is 302 g/mol. The van der Waals surface area contributed by atoms with E-state index < -0.39 is 0 Å². The summed E-state index contributed by atoms with van der Waals surface area (Å²) >= 11 is 6.26. The molecule has 0 saturated heterocycles. The molecule has 0 fully saturated rings. The zero-order valence-corrected chi connectivity index (χ0v) is 12.9. The van der Waals surface area contributed by atoms with Crippen molar-refractivity contribution in [3.8, 4) is 5.75 Å². The minimum atomic E-state index is 0.244. The minimum Gasteiger partial charge on any atom is -0.493 e. The number of nitrogens with one attached hydrogen (secondary N) is 1. The normalized spacial score (nSPS) is 18.7. The molecule has 3 heteroatoms. The van der Waals surface area contributed by atoms with Crippen LogP contribution in [0.15, 0.2) is 48.5 Å². The summed E-state index contributed by atoms with van der Waals surface area (Å²) in [5, 5.41) is 4.43. The van der Waals surface area contributed by atoms with Gasteiger partial charge in [-0.05, 0) is 36.6 Å². The van der Waals surface area contributed by atoms with E-state index in [1.807, 2.05) is 24.3 Å². The highest BCUT2D eigenvalue weighted by atomic mass is 35.5. The fraction of sp³-hybridized carbons (Fsp3) is 0.333. The SMILES string of the molecule is C[C@@H](NCC1CCOc2ccccc21)c1ccccc1Cl. The monoisotopic (exact) mass is 301 g/mol. The van der Waals surface area contributed by atoms with Crippen molar-refractivity contribution in [3.05, 3.63) is 64.7 Å². The summed E-state index contributed by atoms with van der Waals surface area (Å²) in [5.41, 5.74) is 2.46. The van der Waals surface area contributed by atoms with Crippen LogP contribution < -0.4 is 10.1 Å². The van der Waals surface area contributed by atoms with Gasteiger partial charge in [-0.3, -0.25) is 0 Å². The lowest BCUT2D eigenvalue weighted by atomic mass is 9.92. The van der Waals surface area contributed by atoms with Crippen molar-refractivity contribution in [2.75, 3.05) is 13.2 Å². The second-order valence-electron chi connectivity index (χ2n) is 5.52. The molecule has 1 N–H and O–H groups in total. The van der Waals surface area contributed by atoms with Gasteiger partial charge in [0.1, 0.15) is 5.75 Å². The number of halogens is 1. The first-order valence-electron chi connectivity index (χ1n) is 7.45. The predicted octanol–water partition coefficient (Wildman–Crippen LogP) is 4.56. The standard InChI is InChI=1S/C18H20ClNO/c1-13(15-6-2-4-8-17(15)19)20-12-14-10-11-21-18-9-5-3-7-16(14)18/h2-9,13-14,20H,10-12H2,1H3/t13-,14?/m1/s1. The average Bonchev–Trinajstić information content (AvgIpc) is 2.53. The van der Waals surface area contributed by atoms with Gasteiger partial charge in [0.05, 0.1) is 6.61 Å². The molecular formula is C18H20ClNO. The maximum absolute atomic E-state index is 6.26. The molecule has 2 aromatic rings. The van der Waals surface area contributed by atoms with E-state index in [9.17, 15) is 0 Å². The number of rotatable bonds is 4. The van der Waals surface area contributed by atoms with E-state index in [4.69, 9.17) is 16.3 Å². The van der Waals surface area contributed by atoms with Crippen molar-refractivity contribution in [2.45, 2.75) is 25.3 Å². The molecule has 21 heavy (non-hydrogen) atoms. The van der Waals surface area contributed by atoms with Gasteiger partial charge in [-0.1, -0.05) is 48.0 Å². The van der Waals surface area contributed by atoms with Gasteiger partial charge < -0.3 is 10.1 Å². The molecule has 3 rings (SSSR count). The van der Waals surface area contributed by atoms with Gasteiger partial charge in [-0.2, -0.15) is 0 Å². The van der Waals surface area contributed by atoms with Crippen molar-refractivity contribution in [1.29, 1.82) is 0 Å². The Bertz CT molecular complexity index is 614. The molecule has 0 spiro atoms. The fourth-order valence-corrected chi connectivity index (χ4v) is 3.18. The molecule has 1 aliphatic heterocycles. The summed E-state index contributed by atoms with van der Waals surface area (Å²) in [5.74, 6) is 1.53. The zero-order chi connectivity index (χ0) is 14.7. The lowest BCUT2D eigenvalue weighted by molar-refractivity contribution is 0.263. The van der Waals surface area contributed by atoms with E-state index in [-0.39, 0.29) is 6.04 Å². The zero-order valence-electron chi connectivity index (χ0n) is 12.2. The highest BCUT2D eigenvalue weighted by molar-refractivity contribution is 6.31. The van der Waals surface area contributed by atoms with Crippen LogP contribution in [0.1, 0.15) is 36.4 Å². The Labute approximate surface area is 131 Å². The highest BCUT2D eigenvalue weighted by Crippen LogP contribution is 2.33. The van der Waals surface area contributed by atoms with E-state index in [1.165, 1.54) is 5.56 Å². The van der Waals surface area contributed by atoms with E-state index in [0.717, 1.165) is 35.9 Å². The third-order valence-electron chi connectivity index (χ3n) is 4.12. The second kappa shape index (κ2) is 6.50. The maximum Gasteiger partial charge on any atom is 0.122 e. The Kier molecular flexibility index (Phi) is 4.47. The van der Waals surface area contributed by atoms with Gasteiger partial charge in [0.15, 0.2) is 0 Å². The molecule has 0 saturated carbocycles. The number of hydrogen-bond donors (Lipinski definition) is 1. The number of hydrogen-bond acceptors (Lipinski definition) is 2. The first-order chi connectivity index (χ1) is 10.3. The third kappa shape index (κ3) is 3.22. The first-order valence-corrected chi connectivity index (χ1v) is 7.83. The maximum atomic E-state index is 6.26. The molecule has 0 radical (unpaired) electrons. The Balaban J connectivity index is 1.67.